The lowest BCUT2D eigenvalue weighted by molar-refractivity contribution is 0.0696. The molecule has 0 unspecified atom stereocenters. The van der Waals surface area contributed by atoms with Crippen molar-refractivity contribution in [1.29, 1.82) is 0 Å². The van der Waals surface area contributed by atoms with E-state index >= 15 is 0 Å². The minimum absolute atomic E-state index is 0.164. The molecule has 0 aliphatic heterocycles. The number of hydrogen-bond acceptors (Lipinski definition) is 6. The summed E-state index contributed by atoms with van der Waals surface area (Å²) in [5.74, 6) is -1.47. The Bertz CT molecular complexity index is 1270. The molecular formula is C22H17FN6O3. The van der Waals surface area contributed by atoms with Crippen LogP contribution in [0.15, 0.2) is 66.9 Å². The molecule has 2 aromatic carbocycles. The summed E-state index contributed by atoms with van der Waals surface area (Å²) in [5, 5.41) is 24.0. The fraction of sp³-hybridized carbons (Fsp3) is 0.0909. The van der Waals surface area contributed by atoms with Crippen LogP contribution in [0.5, 0.6) is 0 Å². The van der Waals surface area contributed by atoms with Gasteiger partial charge in [-0.25, -0.2) is 9.18 Å². The van der Waals surface area contributed by atoms with E-state index in [2.05, 4.69) is 25.7 Å². The first-order valence-corrected chi connectivity index (χ1v) is 9.57. The lowest BCUT2D eigenvalue weighted by atomic mass is 10.1. The maximum atomic E-state index is 13.3. The van der Waals surface area contributed by atoms with Crippen LogP contribution in [-0.4, -0.2) is 42.2 Å². The number of carboxylic acid groups (broad SMARTS) is 1. The van der Waals surface area contributed by atoms with Gasteiger partial charge in [-0.15, -0.1) is 10.2 Å². The Kier molecular flexibility index (Phi) is 5.93. The van der Waals surface area contributed by atoms with Crippen LogP contribution in [0.1, 0.15) is 32.0 Å². The largest absolute Gasteiger partial charge is 0.478 e. The third kappa shape index (κ3) is 4.98. The molecule has 2 heterocycles. The molecule has 4 aromatic rings. The molecule has 0 saturated heterocycles. The number of carboxylic acids is 1. The van der Waals surface area contributed by atoms with Crippen LogP contribution < -0.4 is 5.32 Å². The number of carbonyl (C=O) groups excluding carboxylic acids is 1. The van der Waals surface area contributed by atoms with Gasteiger partial charge < -0.3 is 10.4 Å². The number of halogens is 1. The van der Waals surface area contributed by atoms with Gasteiger partial charge in [0.15, 0.2) is 0 Å². The minimum Gasteiger partial charge on any atom is -0.478 e. The molecule has 0 aliphatic carbocycles. The summed E-state index contributed by atoms with van der Waals surface area (Å²) in [6.45, 7) is 0.469. The van der Waals surface area contributed by atoms with Crippen molar-refractivity contribution < 1.29 is 19.1 Å². The van der Waals surface area contributed by atoms with Crippen LogP contribution >= 0.6 is 0 Å². The highest BCUT2D eigenvalue weighted by atomic mass is 19.1. The zero-order chi connectivity index (χ0) is 22.5. The molecular weight excluding hydrogens is 415 g/mol. The maximum absolute atomic E-state index is 13.3. The van der Waals surface area contributed by atoms with E-state index in [1.807, 2.05) is 0 Å². The lowest BCUT2D eigenvalue weighted by Gasteiger charge is -2.05. The zero-order valence-corrected chi connectivity index (χ0v) is 16.6. The smallest absolute Gasteiger partial charge is 0.335 e. The monoisotopic (exact) mass is 432 g/mol. The average molecular weight is 432 g/mol. The van der Waals surface area contributed by atoms with Crippen molar-refractivity contribution >= 4 is 11.9 Å². The lowest BCUT2D eigenvalue weighted by Crippen LogP contribution is -2.23. The van der Waals surface area contributed by atoms with Crippen molar-refractivity contribution in [2.45, 2.75) is 13.1 Å². The summed E-state index contributed by atoms with van der Waals surface area (Å²) in [5.41, 5.74) is 2.37. The van der Waals surface area contributed by atoms with Gasteiger partial charge in [0.05, 0.1) is 12.1 Å². The molecule has 0 radical (unpaired) electrons. The fourth-order valence-electron chi connectivity index (χ4n) is 2.96. The first-order chi connectivity index (χ1) is 15.5. The second kappa shape index (κ2) is 9.13. The Morgan fingerprint density at radius 2 is 1.84 bits per heavy atom. The van der Waals surface area contributed by atoms with Crippen LogP contribution in [0.25, 0.3) is 11.4 Å². The second-order valence-corrected chi connectivity index (χ2v) is 6.89. The van der Waals surface area contributed by atoms with E-state index in [1.165, 1.54) is 35.3 Å². The molecule has 1 amide bonds. The Balaban J connectivity index is 1.43. The predicted molar refractivity (Wildman–Crippen MR) is 111 cm³/mol. The first-order valence-electron chi connectivity index (χ1n) is 9.57. The highest BCUT2D eigenvalue weighted by Crippen LogP contribution is 2.15. The molecule has 0 atom stereocenters. The summed E-state index contributed by atoms with van der Waals surface area (Å²) >= 11 is 0. The van der Waals surface area contributed by atoms with E-state index in [0.717, 1.165) is 5.56 Å². The first kappa shape index (κ1) is 20.8. The van der Waals surface area contributed by atoms with Crippen molar-refractivity contribution in [3.8, 4) is 11.4 Å². The molecule has 9 nitrogen and oxygen atoms in total. The highest BCUT2D eigenvalue weighted by Gasteiger charge is 2.12. The third-order valence-electron chi connectivity index (χ3n) is 4.57. The second-order valence-electron chi connectivity index (χ2n) is 6.89. The van der Waals surface area contributed by atoms with E-state index < -0.39 is 11.9 Å². The molecule has 32 heavy (non-hydrogen) atoms. The number of tetrazole rings is 1. The van der Waals surface area contributed by atoms with Crippen molar-refractivity contribution in [1.82, 2.24) is 30.5 Å². The SMILES string of the molecule is O=C(O)c1ccc(Cn2nnc(-c3ccnc(C(=O)NCc4cccc(F)c4)c3)n2)cc1. The molecule has 0 aliphatic rings. The van der Waals surface area contributed by atoms with Gasteiger partial charge in [0, 0.05) is 18.3 Å². The summed E-state index contributed by atoms with van der Waals surface area (Å²) in [6, 6.07) is 15.6. The van der Waals surface area contributed by atoms with Crippen LogP contribution in [0, 0.1) is 5.82 Å². The summed E-state index contributed by atoms with van der Waals surface area (Å²) in [4.78, 5) is 28.8. The van der Waals surface area contributed by atoms with Crippen LogP contribution in [0.3, 0.4) is 0 Å². The number of rotatable bonds is 7. The van der Waals surface area contributed by atoms with Gasteiger partial charge in [-0.3, -0.25) is 9.78 Å². The number of aromatic carboxylic acids is 1. The van der Waals surface area contributed by atoms with E-state index in [1.54, 1.807) is 36.4 Å². The number of carbonyl (C=O) groups is 2. The van der Waals surface area contributed by atoms with E-state index in [9.17, 15) is 14.0 Å². The number of nitrogens with zero attached hydrogens (tertiary/aromatic N) is 5. The van der Waals surface area contributed by atoms with Gasteiger partial charge in [0.1, 0.15) is 11.5 Å². The molecule has 4 rings (SSSR count). The Morgan fingerprint density at radius 3 is 2.59 bits per heavy atom. The molecule has 10 heteroatoms. The minimum atomic E-state index is -0.994. The fourth-order valence-corrected chi connectivity index (χ4v) is 2.96. The Hall–Kier alpha value is -4.47. The maximum Gasteiger partial charge on any atom is 0.335 e. The molecule has 2 aromatic heterocycles. The van der Waals surface area contributed by atoms with Crippen molar-refractivity contribution in [3.05, 3.63) is 95.1 Å². The summed E-state index contributed by atoms with van der Waals surface area (Å²) in [7, 11) is 0. The number of aromatic nitrogens is 5. The topological polar surface area (TPSA) is 123 Å². The van der Waals surface area contributed by atoms with Crippen LogP contribution in [0.2, 0.25) is 0 Å². The number of pyridine rings is 1. The number of hydrogen-bond donors (Lipinski definition) is 2. The quantitative estimate of drug-likeness (QED) is 0.460. The molecule has 160 valence electrons. The molecule has 0 fully saturated rings. The van der Waals surface area contributed by atoms with Gasteiger partial charge in [-0.05, 0) is 52.7 Å². The average Bonchev–Trinajstić information content (AvgIpc) is 3.26. The third-order valence-corrected chi connectivity index (χ3v) is 4.57. The molecule has 0 saturated carbocycles. The van der Waals surface area contributed by atoms with Gasteiger partial charge in [-0.1, -0.05) is 24.3 Å². The molecule has 2 N–H and O–H groups in total. The van der Waals surface area contributed by atoms with Crippen molar-refractivity contribution in [2.24, 2.45) is 0 Å². The van der Waals surface area contributed by atoms with Crippen LogP contribution in [-0.2, 0) is 13.1 Å². The molecule has 0 spiro atoms. The zero-order valence-electron chi connectivity index (χ0n) is 16.6. The van der Waals surface area contributed by atoms with E-state index in [4.69, 9.17) is 5.11 Å². The van der Waals surface area contributed by atoms with Crippen LogP contribution in [0.4, 0.5) is 4.39 Å². The predicted octanol–water partition coefficient (Wildman–Crippen LogP) is 2.55. The highest BCUT2D eigenvalue weighted by molar-refractivity contribution is 5.93. The van der Waals surface area contributed by atoms with E-state index in [0.29, 0.717) is 23.5 Å². The van der Waals surface area contributed by atoms with Crippen molar-refractivity contribution in [2.75, 3.05) is 0 Å². The summed E-state index contributed by atoms with van der Waals surface area (Å²) in [6.07, 6.45) is 1.47. The standard InChI is InChI=1S/C22H17FN6O3/c23-18-3-1-2-15(10-18)12-25-21(30)19-11-17(8-9-24-19)20-26-28-29(27-20)13-14-4-6-16(7-5-14)22(31)32/h1-11H,12-13H2,(H,25,30)(H,31,32). The van der Waals surface area contributed by atoms with Gasteiger partial charge >= 0.3 is 5.97 Å². The molecule has 0 bridgehead atoms. The van der Waals surface area contributed by atoms with Gasteiger partial charge in [-0.2, -0.15) is 4.80 Å². The number of amides is 1. The Labute approximate surface area is 181 Å². The van der Waals surface area contributed by atoms with Crippen molar-refractivity contribution in [3.63, 3.8) is 0 Å². The van der Waals surface area contributed by atoms with E-state index in [-0.39, 0.29) is 23.6 Å². The van der Waals surface area contributed by atoms with Gasteiger partial charge in [0.2, 0.25) is 5.82 Å². The summed E-state index contributed by atoms with van der Waals surface area (Å²) < 4.78 is 13.3. The normalized spacial score (nSPS) is 10.7. The van der Waals surface area contributed by atoms with Gasteiger partial charge in [0.25, 0.3) is 5.91 Å². The Morgan fingerprint density at radius 1 is 1.03 bits per heavy atom. The number of nitrogens with one attached hydrogen (secondary N) is 1. The number of benzene rings is 2.